The van der Waals surface area contributed by atoms with Gasteiger partial charge in [0.05, 0.1) is 10.6 Å². The highest BCUT2D eigenvalue weighted by molar-refractivity contribution is 6.33. The smallest absolute Gasteiger partial charge is 0.276 e. The van der Waals surface area contributed by atoms with Crippen LogP contribution in [0.25, 0.3) is 0 Å². The van der Waals surface area contributed by atoms with E-state index in [9.17, 15) is 18.4 Å². The van der Waals surface area contributed by atoms with Crippen molar-refractivity contribution in [2.75, 3.05) is 6.61 Å². The van der Waals surface area contributed by atoms with Crippen molar-refractivity contribution in [1.82, 2.24) is 10.9 Å². The second-order valence-electron chi connectivity index (χ2n) is 5.36. The fourth-order valence-corrected chi connectivity index (χ4v) is 2.33. The maximum Gasteiger partial charge on any atom is 0.276 e. The number of carbonyl (C=O) groups excluding carboxylic acids is 2. The van der Waals surface area contributed by atoms with Crippen molar-refractivity contribution in [3.63, 3.8) is 0 Å². The van der Waals surface area contributed by atoms with Gasteiger partial charge >= 0.3 is 0 Å². The largest absolute Gasteiger partial charge is 0.484 e. The number of halogens is 3. The standard InChI is InChI=1S/C17H15ClF2N2O3/c1-9-3-10(2)5-11(4-9)25-8-16(23)21-22-17(24)12-6-14(19)15(20)7-13(12)18/h3-7H,8H2,1-2H3,(H,21,23)(H,22,24). The number of hydrogen-bond acceptors (Lipinski definition) is 3. The molecule has 8 heteroatoms. The first-order valence-electron chi connectivity index (χ1n) is 7.21. The highest BCUT2D eigenvalue weighted by atomic mass is 35.5. The molecule has 0 aromatic heterocycles. The van der Waals surface area contributed by atoms with Gasteiger partial charge in [-0.25, -0.2) is 8.78 Å². The van der Waals surface area contributed by atoms with Crippen molar-refractivity contribution in [3.8, 4) is 5.75 Å². The summed E-state index contributed by atoms with van der Waals surface area (Å²) >= 11 is 5.68. The lowest BCUT2D eigenvalue weighted by molar-refractivity contribution is -0.123. The van der Waals surface area contributed by atoms with Crippen LogP contribution >= 0.6 is 11.6 Å². The summed E-state index contributed by atoms with van der Waals surface area (Å²) in [5.41, 5.74) is 5.81. The molecule has 5 nitrogen and oxygen atoms in total. The number of hydrazine groups is 1. The van der Waals surface area contributed by atoms with Crippen LogP contribution in [0.15, 0.2) is 30.3 Å². The predicted octanol–water partition coefficient (Wildman–Crippen LogP) is 3.08. The van der Waals surface area contributed by atoms with Crippen LogP contribution in [0.4, 0.5) is 8.78 Å². The van der Waals surface area contributed by atoms with Crippen LogP contribution in [-0.4, -0.2) is 18.4 Å². The van der Waals surface area contributed by atoms with Gasteiger partial charge in [0.25, 0.3) is 11.8 Å². The molecule has 0 heterocycles. The van der Waals surface area contributed by atoms with E-state index in [0.29, 0.717) is 17.9 Å². The Morgan fingerprint density at radius 2 is 1.60 bits per heavy atom. The Kier molecular flexibility index (Phi) is 5.93. The molecule has 2 amide bonds. The highest BCUT2D eigenvalue weighted by Gasteiger charge is 2.15. The number of ether oxygens (including phenoxy) is 1. The Morgan fingerprint density at radius 3 is 2.24 bits per heavy atom. The van der Waals surface area contributed by atoms with Gasteiger partial charge < -0.3 is 4.74 Å². The van der Waals surface area contributed by atoms with Crippen molar-refractivity contribution < 1.29 is 23.1 Å². The molecule has 0 saturated carbocycles. The second kappa shape index (κ2) is 7.94. The first kappa shape index (κ1) is 18.7. The van der Waals surface area contributed by atoms with Crippen molar-refractivity contribution in [1.29, 1.82) is 0 Å². The molecular formula is C17H15ClF2N2O3. The van der Waals surface area contributed by atoms with E-state index in [1.54, 1.807) is 12.1 Å². The van der Waals surface area contributed by atoms with E-state index in [1.807, 2.05) is 19.9 Å². The minimum absolute atomic E-state index is 0.280. The zero-order valence-corrected chi connectivity index (χ0v) is 14.2. The summed E-state index contributed by atoms with van der Waals surface area (Å²) in [7, 11) is 0. The number of nitrogens with one attached hydrogen (secondary N) is 2. The van der Waals surface area contributed by atoms with Crippen LogP contribution in [-0.2, 0) is 4.79 Å². The van der Waals surface area contributed by atoms with Gasteiger partial charge in [-0.2, -0.15) is 0 Å². The van der Waals surface area contributed by atoms with Gasteiger partial charge in [0.2, 0.25) is 0 Å². The van der Waals surface area contributed by atoms with Crippen LogP contribution in [0.1, 0.15) is 21.5 Å². The molecule has 0 radical (unpaired) electrons. The molecular weight excluding hydrogens is 354 g/mol. The van der Waals surface area contributed by atoms with Crippen molar-refractivity contribution in [3.05, 3.63) is 63.7 Å². The van der Waals surface area contributed by atoms with E-state index in [-0.39, 0.29) is 17.2 Å². The van der Waals surface area contributed by atoms with E-state index in [4.69, 9.17) is 16.3 Å². The number of aryl methyl sites for hydroxylation is 2. The molecule has 0 aliphatic carbocycles. The molecule has 0 unspecified atom stereocenters. The second-order valence-corrected chi connectivity index (χ2v) is 5.77. The number of rotatable bonds is 4. The zero-order valence-electron chi connectivity index (χ0n) is 13.5. The van der Waals surface area contributed by atoms with E-state index in [1.165, 1.54) is 0 Å². The van der Waals surface area contributed by atoms with Gasteiger partial charge in [0.1, 0.15) is 5.75 Å². The van der Waals surface area contributed by atoms with E-state index < -0.39 is 23.4 Å². The number of hydrogen-bond donors (Lipinski definition) is 2. The van der Waals surface area contributed by atoms with Gasteiger partial charge in [0.15, 0.2) is 18.2 Å². The number of amides is 2. The third kappa shape index (κ3) is 5.15. The van der Waals surface area contributed by atoms with Gasteiger partial charge in [0, 0.05) is 0 Å². The summed E-state index contributed by atoms with van der Waals surface area (Å²) in [6, 6.07) is 6.81. The molecule has 25 heavy (non-hydrogen) atoms. The first-order chi connectivity index (χ1) is 11.8. The maximum absolute atomic E-state index is 13.2. The van der Waals surface area contributed by atoms with Crippen LogP contribution in [0.5, 0.6) is 5.75 Å². The molecule has 0 aliphatic rings. The Morgan fingerprint density at radius 1 is 1.00 bits per heavy atom. The SMILES string of the molecule is Cc1cc(C)cc(OCC(=O)NNC(=O)c2cc(F)c(F)cc2Cl)c1. The summed E-state index contributed by atoms with van der Waals surface area (Å²) in [6.45, 7) is 3.45. The summed E-state index contributed by atoms with van der Waals surface area (Å²) in [5, 5.41) is -0.280. The molecule has 2 N–H and O–H groups in total. The van der Waals surface area contributed by atoms with E-state index in [0.717, 1.165) is 11.1 Å². The molecule has 0 aliphatic heterocycles. The van der Waals surface area contributed by atoms with Gasteiger partial charge in [-0.15, -0.1) is 0 Å². The fraction of sp³-hybridized carbons (Fsp3) is 0.176. The predicted molar refractivity (Wildman–Crippen MR) is 88.4 cm³/mol. The monoisotopic (exact) mass is 368 g/mol. The van der Waals surface area contributed by atoms with Crippen molar-refractivity contribution >= 4 is 23.4 Å². The van der Waals surface area contributed by atoms with E-state index >= 15 is 0 Å². The Bertz CT molecular complexity index is 808. The van der Waals surface area contributed by atoms with Crippen LogP contribution in [0, 0.1) is 25.5 Å². The van der Waals surface area contributed by atoms with Gasteiger partial charge in [-0.3, -0.25) is 20.4 Å². The summed E-state index contributed by atoms with van der Waals surface area (Å²) in [5.74, 6) is -3.40. The van der Waals surface area contributed by atoms with Crippen LogP contribution in [0.2, 0.25) is 5.02 Å². The zero-order chi connectivity index (χ0) is 18.6. The minimum Gasteiger partial charge on any atom is -0.484 e. The average Bonchev–Trinajstić information content (AvgIpc) is 2.53. The van der Waals surface area contributed by atoms with Gasteiger partial charge in [-0.05, 0) is 49.2 Å². The minimum atomic E-state index is -1.22. The molecule has 0 fully saturated rings. The summed E-state index contributed by atoms with van der Waals surface area (Å²) in [6.07, 6.45) is 0. The Balaban J connectivity index is 1.89. The Hall–Kier alpha value is -2.67. The molecule has 0 atom stereocenters. The van der Waals surface area contributed by atoms with Crippen molar-refractivity contribution in [2.24, 2.45) is 0 Å². The molecule has 0 saturated heterocycles. The van der Waals surface area contributed by atoms with Crippen molar-refractivity contribution in [2.45, 2.75) is 13.8 Å². The van der Waals surface area contributed by atoms with E-state index in [2.05, 4.69) is 10.9 Å². The lowest BCUT2D eigenvalue weighted by Crippen LogP contribution is -2.44. The molecule has 2 rings (SSSR count). The highest BCUT2D eigenvalue weighted by Crippen LogP contribution is 2.19. The molecule has 132 valence electrons. The summed E-state index contributed by atoms with van der Waals surface area (Å²) < 4.78 is 31.5. The normalized spacial score (nSPS) is 10.3. The third-order valence-electron chi connectivity index (χ3n) is 3.14. The maximum atomic E-state index is 13.2. The van der Waals surface area contributed by atoms with Crippen LogP contribution in [0.3, 0.4) is 0 Å². The molecule has 2 aromatic carbocycles. The molecule has 0 spiro atoms. The average molecular weight is 369 g/mol. The number of carbonyl (C=O) groups is 2. The lowest BCUT2D eigenvalue weighted by atomic mass is 10.1. The quantitative estimate of drug-likeness (QED) is 0.643. The topological polar surface area (TPSA) is 67.4 Å². The summed E-state index contributed by atoms with van der Waals surface area (Å²) in [4.78, 5) is 23.6. The Labute approximate surface area is 147 Å². The van der Waals surface area contributed by atoms with Crippen LogP contribution < -0.4 is 15.6 Å². The number of benzene rings is 2. The third-order valence-corrected chi connectivity index (χ3v) is 3.45. The lowest BCUT2D eigenvalue weighted by Gasteiger charge is -2.10. The molecule has 2 aromatic rings. The first-order valence-corrected chi connectivity index (χ1v) is 7.59. The van der Waals surface area contributed by atoms with Gasteiger partial charge in [-0.1, -0.05) is 17.7 Å². The fourth-order valence-electron chi connectivity index (χ4n) is 2.09. The molecule has 0 bridgehead atoms.